The molecule has 2 rings (SSSR count). The molecular weight excluding hydrogens is 330 g/mol. The van der Waals surface area contributed by atoms with Crippen LogP contribution >= 0.6 is 0 Å². The molecule has 1 unspecified atom stereocenters. The van der Waals surface area contributed by atoms with E-state index in [4.69, 9.17) is 9.84 Å². The average Bonchev–Trinajstić information content (AvgIpc) is 2.63. The number of aliphatic carboxylic acids is 1. The number of hydrogen-bond acceptors (Lipinski definition) is 3. The van der Waals surface area contributed by atoms with Crippen molar-refractivity contribution in [3.05, 3.63) is 65.7 Å². The average molecular weight is 355 g/mol. The summed E-state index contributed by atoms with van der Waals surface area (Å²) in [6.45, 7) is 4.09. The van der Waals surface area contributed by atoms with E-state index in [2.05, 4.69) is 5.32 Å². The molecule has 1 atom stereocenters. The molecule has 2 N–H and O–H groups in total. The molecule has 5 nitrogen and oxygen atoms in total. The normalized spacial score (nSPS) is 11.8. The van der Waals surface area contributed by atoms with Gasteiger partial charge in [0.1, 0.15) is 5.75 Å². The zero-order valence-electron chi connectivity index (χ0n) is 15.1. The molecule has 26 heavy (non-hydrogen) atoms. The van der Waals surface area contributed by atoms with E-state index in [1.54, 1.807) is 18.2 Å². The van der Waals surface area contributed by atoms with Crippen LogP contribution < -0.4 is 10.1 Å². The molecule has 0 radical (unpaired) electrons. The molecule has 0 spiro atoms. The van der Waals surface area contributed by atoms with Crippen LogP contribution in [-0.4, -0.2) is 23.6 Å². The molecule has 5 heteroatoms. The zero-order chi connectivity index (χ0) is 18.9. The standard InChI is InChI=1S/C21H25NO4/c1-15(2)19(12-16-7-4-3-5-8-16)21(25)22-13-17-9-6-10-18(11-17)26-14-20(23)24/h3-11,15,19H,12-14H2,1-2H3,(H,22,25)(H,23,24). The van der Waals surface area contributed by atoms with Gasteiger partial charge in [-0.3, -0.25) is 4.79 Å². The molecule has 0 aliphatic rings. The highest BCUT2D eigenvalue weighted by Crippen LogP contribution is 2.18. The van der Waals surface area contributed by atoms with Crippen LogP contribution in [0.4, 0.5) is 0 Å². The lowest BCUT2D eigenvalue weighted by molar-refractivity contribution is -0.139. The lowest BCUT2D eigenvalue weighted by atomic mass is 9.88. The number of amides is 1. The van der Waals surface area contributed by atoms with Gasteiger partial charge in [0.2, 0.25) is 5.91 Å². The van der Waals surface area contributed by atoms with Crippen LogP contribution in [0, 0.1) is 11.8 Å². The van der Waals surface area contributed by atoms with Crippen molar-refractivity contribution in [2.75, 3.05) is 6.61 Å². The van der Waals surface area contributed by atoms with E-state index in [0.717, 1.165) is 11.1 Å². The summed E-state index contributed by atoms with van der Waals surface area (Å²) in [5, 5.41) is 11.7. The van der Waals surface area contributed by atoms with Gasteiger partial charge < -0.3 is 15.2 Å². The molecule has 0 heterocycles. The first-order valence-corrected chi connectivity index (χ1v) is 8.71. The Morgan fingerprint density at radius 3 is 2.38 bits per heavy atom. The largest absolute Gasteiger partial charge is 0.482 e. The molecule has 0 aromatic heterocycles. The fourth-order valence-electron chi connectivity index (χ4n) is 2.71. The van der Waals surface area contributed by atoms with E-state index in [-0.39, 0.29) is 24.3 Å². The van der Waals surface area contributed by atoms with E-state index in [0.29, 0.717) is 18.7 Å². The molecule has 0 saturated carbocycles. The maximum Gasteiger partial charge on any atom is 0.341 e. The molecule has 2 aromatic rings. The van der Waals surface area contributed by atoms with Crippen LogP contribution in [0.2, 0.25) is 0 Å². The van der Waals surface area contributed by atoms with Crippen molar-refractivity contribution < 1.29 is 19.4 Å². The number of carboxylic acids is 1. The second-order valence-corrected chi connectivity index (χ2v) is 6.59. The highest BCUT2D eigenvalue weighted by Gasteiger charge is 2.22. The topological polar surface area (TPSA) is 75.6 Å². The first-order chi connectivity index (χ1) is 12.5. The second kappa shape index (κ2) is 9.61. The van der Waals surface area contributed by atoms with Gasteiger partial charge in [-0.1, -0.05) is 56.3 Å². The number of carboxylic acid groups (broad SMARTS) is 1. The summed E-state index contributed by atoms with van der Waals surface area (Å²) in [6, 6.07) is 17.1. The van der Waals surface area contributed by atoms with E-state index >= 15 is 0 Å². The van der Waals surface area contributed by atoms with Crippen LogP contribution in [0.1, 0.15) is 25.0 Å². The van der Waals surface area contributed by atoms with E-state index < -0.39 is 5.97 Å². The number of benzene rings is 2. The minimum Gasteiger partial charge on any atom is -0.482 e. The van der Waals surface area contributed by atoms with Crippen LogP contribution in [0.3, 0.4) is 0 Å². The van der Waals surface area contributed by atoms with Crippen LogP contribution in [0.25, 0.3) is 0 Å². The van der Waals surface area contributed by atoms with Crippen molar-refractivity contribution in [3.63, 3.8) is 0 Å². The fraction of sp³-hybridized carbons (Fsp3) is 0.333. The van der Waals surface area contributed by atoms with Crippen LogP contribution in [-0.2, 0) is 22.6 Å². The second-order valence-electron chi connectivity index (χ2n) is 6.59. The SMILES string of the molecule is CC(C)C(Cc1ccccc1)C(=O)NCc1cccc(OCC(=O)O)c1. The molecule has 0 aliphatic heterocycles. The molecule has 1 amide bonds. The molecule has 0 saturated heterocycles. The number of hydrogen-bond donors (Lipinski definition) is 2. The van der Waals surface area contributed by atoms with E-state index in [9.17, 15) is 9.59 Å². The monoisotopic (exact) mass is 355 g/mol. The lowest BCUT2D eigenvalue weighted by Crippen LogP contribution is -2.34. The summed E-state index contributed by atoms with van der Waals surface area (Å²) in [4.78, 5) is 23.2. The van der Waals surface area contributed by atoms with Gasteiger partial charge in [0.25, 0.3) is 0 Å². The predicted octanol–water partition coefficient (Wildman–Crippen LogP) is 3.28. The Kier molecular flexibility index (Phi) is 7.21. The molecular formula is C21H25NO4. The smallest absolute Gasteiger partial charge is 0.341 e. The van der Waals surface area contributed by atoms with Gasteiger partial charge >= 0.3 is 5.97 Å². The minimum atomic E-state index is -1.02. The molecule has 0 bridgehead atoms. The summed E-state index contributed by atoms with van der Waals surface area (Å²) in [5.74, 6) is -0.418. The lowest BCUT2D eigenvalue weighted by Gasteiger charge is -2.20. The first kappa shape index (κ1) is 19.5. The highest BCUT2D eigenvalue weighted by atomic mass is 16.5. The van der Waals surface area contributed by atoms with Crippen molar-refractivity contribution >= 4 is 11.9 Å². The Bertz CT molecular complexity index is 728. The zero-order valence-corrected chi connectivity index (χ0v) is 15.1. The van der Waals surface area contributed by atoms with E-state index in [1.807, 2.05) is 50.2 Å². The van der Waals surface area contributed by atoms with Gasteiger partial charge in [0.05, 0.1) is 0 Å². The Morgan fingerprint density at radius 1 is 1.04 bits per heavy atom. The number of nitrogens with one attached hydrogen (secondary N) is 1. The summed E-state index contributed by atoms with van der Waals surface area (Å²) >= 11 is 0. The van der Waals surface area contributed by atoms with Gasteiger partial charge in [0.15, 0.2) is 6.61 Å². The van der Waals surface area contributed by atoms with Crippen LogP contribution in [0.5, 0.6) is 5.75 Å². The summed E-state index contributed by atoms with van der Waals surface area (Å²) < 4.78 is 5.17. The summed E-state index contributed by atoms with van der Waals surface area (Å²) in [6.07, 6.45) is 0.700. The van der Waals surface area contributed by atoms with Gasteiger partial charge in [-0.15, -0.1) is 0 Å². The van der Waals surface area contributed by atoms with Crippen LogP contribution in [0.15, 0.2) is 54.6 Å². The third-order valence-corrected chi connectivity index (χ3v) is 4.17. The number of rotatable bonds is 9. The first-order valence-electron chi connectivity index (χ1n) is 8.71. The molecule has 2 aromatic carbocycles. The minimum absolute atomic E-state index is 0.0145. The van der Waals surface area contributed by atoms with Gasteiger partial charge in [-0.25, -0.2) is 4.79 Å². The van der Waals surface area contributed by atoms with Gasteiger partial charge in [0, 0.05) is 12.5 Å². The number of ether oxygens (including phenoxy) is 1. The van der Waals surface area contributed by atoms with Gasteiger partial charge in [-0.05, 0) is 35.6 Å². The van der Waals surface area contributed by atoms with Crippen molar-refractivity contribution in [1.29, 1.82) is 0 Å². The van der Waals surface area contributed by atoms with Crippen molar-refractivity contribution in [2.45, 2.75) is 26.8 Å². The molecule has 0 fully saturated rings. The Hall–Kier alpha value is -2.82. The molecule has 138 valence electrons. The predicted molar refractivity (Wildman–Crippen MR) is 99.9 cm³/mol. The summed E-state index contributed by atoms with van der Waals surface area (Å²) in [7, 11) is 0. The van der Waals surface area contributed by atoms with Crippen molar-refractivity contribution in [1.82, 2.24) is 5.32 Å². The number of carbonyl (C=O) groups is 2. The van der Waals surface area contributed by atoms with Crippen molar-refractivity contribution in [3.8, 4) is 5.75 Å². The van der Waals surface area contributed by atoms with Gasteiger partial charge in [-0.2, -0.15) is 0 Å². The summed E-state index contributed by atoms with van der Waals surface area (Å²) in [5.41, 5.74) is 2.01. The molecule has 0 aliphatic carbocycles. The Morgan fingerprint density at radius 2 is 1.73 bits per heavy atom. The Labute approximate surface area is 154 Å². The quantitative estimate of drug-likeness (QED) is 0.724. The Balaban J connectivity index is 1.95. The van der Waals surface area contributed by atoms with E-state index in [1.165, 1.54) is 0 Å². The fourth-order valence-corrected chi connectivity index (χ4v) is 2.71. The highest BCUT2D eigenvalue weighted by molar-refractivity contribution is 5.79. The van der Waals surface area contributed by atoms with Crippen molar-refractivity contribution in [2.24, 2.45) is 11.8 Å². The number of carbonyl (C=O) groups excluding carboxylic acids is 1. The third kappa shape index (κ3) is 6.24. The third-order valence-electron chi connectivity index (χ3n) is 4.17. The maximum absolute atomic E-state index is 12.6. The maximum atomic E-state index is 12.6.